The third kappa shape index (κ3) is 2.94. The van der Waals surface area contributed by atoms with Crippen LogP contribution in [0, 0.1) is 17.2 Å². The van der Waals surface area contributed by atoms with E-state index in [2.05, 4.69) is 5.32 Å². The van der Waals surface area contributed by atoms with Gasteiger partial charge in [-0.1, -0.05) is 26.0 Å². The van der Waals surface area contributed by atoms with Crippen LogP contribution in [0.15, 0.2) is 18.2 Å². The van der Waals surface area contributed by atoms with E-state index in [0.29, 0.717) is 6.07 Å². The molecule has 1 N–H and O–H groups in total. The third-order valence-corrected chi connectivity index (χ3v) is 3.67. The zero-order chi connectivity index (χ0) is 15.1. The first-order valence-electron chi connectivity index (χ1n) is 6.25. The molecule has 0 aliphatic heterocycles. The van der Waals surface area contributed by atoms with Gasteiger partial charge in [-0.2, -0.15) is 13.2 Å². The van der Waals surface area contributed by atoms with Crippen LogP contribution in [-0.2, 0) is 17.5 Å². The molecule has 20 heavy (non-hydrogen) atoms. The van der Waals surface area contributed by atoms with Crippen molar-refractivity contribution in [2.75, 3.05) is 0 Å². The average Bonchev–Trinajstić information content (AvgIpc) is 2.95. The van der Waals surface area contributed by atoms with Crippen molar-refractivity contribution in [2.24, 2.45) is 11.3 Å². The van der Waals surface area contributed by atoms with Gasteiger partial charge < -0.3 is 5.32 Å². The molecule has 2 rings (SSSR count). The lowest BCUT2D eigenvalue weighted by Gasteiger charge is -2.12. The van der Waals surface area contributed by atoms with Crippen molar-refractivity contribution >= 4 is 5.91 Å². The summed E-state index contributed by atoms with van der Waals surface area (Å²) in [6.45, 7) is 3.63. The first kappa shape index (κ1) is 14.8. The number of nitrogens with one attached hydrogen (secondary N) is 1. The highest BCUT2D eigenvalue weighted by Crippen LogP contribution is 2.51. The standard InChI is InChI=1S/C14H15F4NO/c1-13(2)6-10(13)12(20)19-7-8-4-3-5-9(11(8)15)14(16,17)18/h3-5,10H,6-7H2,1-2H3,(H,19,20)/t10-/m0/s1. The molecule has 1 amide bonds. The molecular weight excluding hydrogens is 274 g/mol. The Balaban J connectivity index is 2.06. The van der Waals surface area contributed by atoms with Gasteiger partial charge in [0.05, 0.1) is 5.56 Å². The number of carbonyl (C=O) groups excluding carboxylic acids is 1. The van der Waals surface area contributed by atoms with E-state index in [-0.39, 0.29) is 29.3 Å². The lowest BCUT2D eigenvalue weighted by Crippen LogP contribution is -2.26. The van der Waals surface area contributed by atoms with E-state index < -0.39 is 17.6 Å². The zero-order valence-electron chi connectivity index (χ0n) is 11.1. The highest BCUT2D eigenvalue weighted by molar-refractivity contribution is 5.82. The van der Waals surface area contributed by atoms with Crippen molar-refractivity contribution in [1.29, 1.82) is 0 Å². The molecule has 1 atom stereocenters. The minimum absolute atomic E-state index is 0.0730. The molecule has 1 aliphatic carbocycles. The minimum Gasteiger partial charge on any atom is -0.352 e. The van der Waals surface area contributed by atoms with Crippen molar-refractivity contribution in [3.63, 3.8) is 0 Å². The highest BCUT2D eigenvalue weighted by Gasteiger charge is 2.50. The minimum atomic E-state index is -4.73. The number of benzene rings is 1. The fourth-order valence-electron chi connectivity index (χ4n) is 2.16. The van der Waals surface area contributed by atoms with Crippen LogP contribution >= 0.6 is 0 Å². The molecule has 0 aromatic heterocycles. The molecule has 0 spiro atoms. The molecule has 1 saturated carbocycles. The van der Waals surface area contributed by atoms with Gasteiger partial charge in [0.25, 0.3) is 0 Å². The fraction of sp³-hybridized carbons (Fsp3) is 0.500. The molecule has 0 saturated heterocycles. The summed E-state index contributed by atoms with van der Waals surface area (Å²) in [5.74, 6) is -1.71. The van der Waals surface area contributed by atoms with E-state index in [4.69, 9.17) is 0 Å². The smallest absolute Gasteiger partial charge is 0.352 e. The Morgan fingerprint density at radius 3 is 2.50 bits per heavy atom. The maximum atomic E-state index is 13.7. The maximum Gasteiger partial charge on any atom is 0.419 e. The van der Waals surface area contributed by atoms with Crippen LogP contribution < -0.4 is 5.32 Å². The van der Waals surface area contributed by atoms with Crippen LogP contribution in [0.5, 0.6) is 0 Å². The second kappa shape index (κ2) is 4.75. The molecule has 6 heteroatoms. The molecule has 1 aromatic rings. The van der Waals surface area contributed by atoms with Crippen molar-refractivity contribution < 1.29 is 22.4 Å². The molecule has 0 unspecified atom stereocenters. The molecule has 2 nitrogen and oxygen atoms in total. The number of rotatable bonds is 3. The predicted octanol–water partition coefficient (Wildman–Crippen LogP) is 3.51. The van der Waals surface area contributed by atoms with Crippen LogP contribution in [-0.4, -0.2) is 5.91 Å². The number of amides is 1. The summed E-state index contributed by atoms with van der Waals surface area (Å²) in [5.41, 5.74) is -1.54. The lowest BCUT2D eigenvalue weighted by molar-refractivity contribution is -0.140. The predicted molar refractivity (Wildman–Crippen MR) is 65.1 cm³/mol. The summed E-state index contributed by atoms with van der Waals surface area (Å²) in [6.07, 6.45) is -3.99. The summed E-state index contributed by atoms with van der Waals surface area (Å²) >= 11 is 0. The molecule has 1 fully saturated rings. The summed E-state index contributed by atoms with van der Waals surface area (Å²) in [4.78, 5) is 11.7. The molecule has 1 aliphatic rings. The third-order valence-electron chi connectivity index (χ3n) is 3.67. The fourth-order valence-corrected chi connectivity index (χ4v) is 2.16. The largest absolute Gasteiger partial charge is 0.419 e. The summed E-state index contributed by atoms with van der Waals surface area (Å²) in [6, 6.07) is 3.06. The van der Waals surface area contributed by atoms with Gasteiger partial charge in [0.1, 0.15) is 5.82 Å². The number of halogens is 4. The first-order chi connectivity index (χ1) is 9.13. The van der Waals surface area contributed by atoms with Crippen LogP contribution in [0.3, 0.4) is 0 Å². The first-order valence-corrected chi connectivity index (χ1v) is 6.25. The van der Waals surface area contributed by atoms with Crippen LogP contribution in [0.25, 0.3) is 0 Å². The molecule has 0 heterocycles. The number of alkyl halides is 3. The highest BCUT2D eigenvalue weighted by atomic mass is 19.4. The lowest BCUT2D eigenvalue weighted by atomic mass is 10.1. The van der Waals surface area contributed by atoms with Crippen LogP contribution in [0.1, 0.15) is 31.4 Å². The van der Waals surface area contributed by atoms with Gasteiger partial charge in [-0.15, -0.1) is 0 Å². The van der Waals surface area contributed by atoms with Crippen molar-refractivity contribution in [2.45, 2.75) is 33.0 Å². The maximum absolute atomic E-state index is 13.7. The number of hydrogen-bond acceptors (Lipinski definition) is 1. The van der Waals surface area contributed by atoms with Crippen LogP contribution in [0.2, 0.25) is 0 Å². The van der Waals surface area contributed by atoms with Crippen molar-refractivity contribution in [3.8, 4) is 0 Å². The Morgan fingerprint density at radius 2 is 2.00 bits per heavy atom. The monoisotopic (exact) mass is 289 g/mol. The summed E-state index contributed by atoms with van der Waals surface area (Å²) < 4.78 is 51.3. The Morgan fingerprint density at radius 1 is 1.40 bits per heavy atom. The number of hydrogen-bond donors (Lipinski definition) is 1. The van der Waals surface area contributed by atoms with Gasteiger partial charge in [-0.05, 0) is 17.9 Å². The normalized spacial score (nSPS) is 20.6. The van der Waals surface area contributed by atoms with E-state index >= 15 is 0 Å². The Bertz CT molecular complexity index is 536. The molecule has 110 valence electrons. The van der Waals surface area contributed by atoms with Gasteiger partial charge in [0.15, 0.2) is 0 Å². The average molecular weight is 289 g/mol. The molecular formula is C14H15F4NO. The second-order valence-electron chi connectivity index (χ2n) is 5.74. The molecule has 0 bridgehead atoms. The second-order valence-corrected chi connectivity index (χ2v) is 5.74. The zero-order valence-corrected chi connectivity index (χ0v) is 11.1. The number of carbonyl (C=O) groups is 1. The van der Waals surface area contributed by atoms with E-state index in [0.717, 1.165) is 12.5 Å². The van der Waals surface area contributed by atoms with Crippen molar-refractivity contribution in [3.05, 3.63) is 35.1 Å². The Hall–Kier alpha value is -1.59. The van der Waals surface area contributed by atoms with Gasteiger partial charge in [0.2, 0.25) is 5.91 Å². The van der Waals surface area contributed by atoms with Gasteiger partial charge in [-0.25, -0.2) is 4.39 Å². The van der Waals surface area contributed by atoms with E-state index in [9.17, 15) is 22.4 Å². The van der Waals surface area contributed by atoms with E-state index in [1.165, 1.54) is 6.07 Å². The van der Waals surface area contributed by atoms with E-state index in [1.54, 1.807) is 0 Å². The van der Waals surface area contributed by atoms with E-state index in [1.807, 2.05) is 13.8 Å². The molecule has 1 aromatic carbocycles. The van der Waals surface area contributed by atoms with Gasteiger partial charge in [-0.3, -0.25) is 4.79 Å². The van der Waals surface area contributed by atoms with Gasteiger partial charge >= 0.3 is 6.18 Å². The molecule has 0 radical (unpaired) electrons. The van der Waals surface area contributed by atoms with Crippen LogP contribution in [0.4, 0.5) is 17.6 Å². The Kier molecular flexibility index (Phi) is 3.52. The summed E-state index contributed by atoms with van der Waals surface area (Å²) in [5, 5.41) is 2.49. The Labute approximate surface area is 114 Å². The van der Waals surface area contributed by atoms with Gasteiger partial charge in [0, 0.05) is 18.0 Å². The topological polar surface area (TPSA) is 29.1 Å². The summed E-state index contributed by atoms with van der Waals surface area (Å²) in [7, 11) is 0. The SMILES string of the molecule is CC1(C)C[C@H]1C(=O)NCc1cccc(C(F)(F)F)c1F. The quantitative estimate of drug-likeness (QED) is 0.848. The van der Waals surface area contributed by atoms with Crippen molar-refractivity contribution in [1.82, 2.24) is 5.32 Å².